The summed E-state index contributed by atoms with van der Waals surface area (Å²) in [7, 11) is 1.59. The molecule has 6 nitrogen and oxygen atoms in total. The first-order valence-corrected chi connectivity index (χ1v) is 8.30. The summed E-state index contributed by atoms with van der Waals surface area (Å²) in [5, 5.41) is 12.0. The Morgan fingerprint density at radius 2 is 1.88 bits per heavy atom. The van der Waals surface area contributed by atoms with Crippen LogP contribution >= 0.6 is 0 Å². The summed E-state index contributed by atoms with van der Waals surface area (Å²) in [6, 6.07) is 14.6. The Morgan fingerprint density at radius 1 is 1.15 bits per heavy atom. The first-order valence-electron chi connectivity index (χ1n) is 8.30. The third-order valence-corrected chi connectivity index (χ3v) is 3.96. The summed E-state index contributed by atoms with van der Waals surface area (Å²) in [6.45, 7) is 1.75. The van der Waals surface area contributed by atoms with Crippen molar-refractivity contribution in [1.29, 1.82) is 0 Å². The lowest BCUT2D eigenvalue weighted by Crippen LogP contribution is -2.36. The highest BCUT2D eigenvalue weighted by Crippen LogP contribution is 2.22. The lowest BCUT2D eigenvalue weighted by Gasteiger charge is -2.14. The first-order chi connectivity index (χ1) is 12.5. The molecule has 2 aromatic rings. The Hall–Kier alpha value is -3.02. The maximum Gasteiger partial charge on any atom is 0.308 e. The molecule has 6 heteroatoms. The Kier molecular flexibility index (Phi) is 7.02. The average Bonchev–Trinajstić information content (AvgIpc) is 2.64. The number of benzene rings is 2. The molecule has 0 fully saturated rings. The molecule has 1 amide bonds. The minimum absolute atomic E-state index is 0.0497. The number of hydrogen-bond donors (Lipinski definition) is 2. The maximum absolute atomic E-state index is 12.0. The number of rotatable bonds is 9. The predicted molar refractivity (Wildman–Crippen MR) is 97.5 cm³/mol. The van der Waals surface area contributed by atoms with Crippen LogP contribution in [0.25, 0.3) is 0 Å². The lowest BCUT2D eigenvalue weighted by atomic mass is 9.99. The summed E-state index contributed by atoms with van der Waals surface area (Å²) in [5.41, 5.74) is 1.82. The van der Waals surface area contributed by atoms with Gasteiger partial charge in [-0.2, -0.15) is 0 Å². The van der Waals surface area contributed by atoms with E-state index in [2.05, 4.69) is 5.32 Å². The van der Waals surface area contributed by atoms with Crippen LogP contribution in [0.5, 0.6) is 11.5 Å². The third-order valence-electron chi connectivity index (χ3n) is 3.96. The quantitative estimate of drug-likeness (QED) is 0.720. The van der Waals surface area contributed by atoms with Crippen molar-refractivity contribution < 1.29 is 24.2 Å². The molecule has 0 aromatic heterocycles. The molecule has 0 saturated heterocycles. The second-order valence-corrected chi connectivity index (χ2v) is 5.95. The molecule has 0 bridgehead atoms. The molecule has 2 N–H and O–H groups in total. The predicted octanol–water partition coefficient (Wildman–Crippen LogP) is 2.44. The molecule has 0 aliphatic heterocycles. The molecule has 2 rings (SSSR count). The summed E-state index contributed by atoms with van der Waals surface area (Å²) < 4.78 is 10.6. The average molecular weight is 357 g/mol. The Bertz CT molecular complexity index is 745. The second kappa shape index (κ2) is 9.46. The fourth-order valence-corrected chi connectivity index (χ4v) is 2.52. The monoisotopic (exact) mass is 357 g/mol. The fraction of sp³-hybridized carbons (Fsp3) is 0.300. The SMILES string of the molecule is COc1ccc(OCC(=O)NCC(Cc2ccccc2)C(=O)O)cc1C. The van der Waals surface area contributed by atoms with Crippen LogP contribution in [-0.4, -0.2) is 37.2 Å². The van der Waals surface area contributed by atoms with Crippen molar-refractivity contribution in [3.8, 4) is 11.5 Å². The first kappa shape index (κ1) is 19.3. The van der Waals surface area contributed by atoms with Gasteiger partial charge in [0.2, 0.25) is 0 Å². The van der Waals surface area contributed by atoms with E-state index in [1.807, 2.05) is 37.3 Å². The summed E-state index contributed by atoms with van der Waals surface area (Å²) in [5.74, 6) is -0.701. The molecule has 0 aliphatic rings. The van der Waals surface area contributed by atoms with Crippen molar-refractivity contribution in [3.05, 3.63) is 59.7 Å². The van der Waals surface area contributed by atoms with Gasteiger partial charge in [0.05, 0.1) is 13.0 Å². The van der Waals surface area contributed by atoms with Crippen LogP contribution in [0.1, 0.15) is 11.1 Å². The van der Waals surface area contributed by atoms with Crippen molar-refractivity contribution in [2.45, 2.75) is 13.3 Å². The zero-order valence-electron chi connectivity index (χ0n) is 14.9. The molecule has 0 saturated carbocycles. The number of carboxylic acids is 1. The van der Waals surface area contributed by atoms with Gasteiger partial charge in [0.25, 0.3) is 5.91 Å². The molecular formula is C20H23NO5. The minimum atomic E-state index is -0.944. The van der Waals surface area contributed by atoms with E-state index in [9.17, 15) is 14.7 Å². The van der Waals surface area contributed by atoms with Crippen molar-refractivity contribution >= 4 is 11.9 Å². The molecular weight excluding hydrogens is 334 g/mol. The zero-order chi connectivity index (χ0) is 18.9. The molecule has 0 heterocycles. The number of ether oxygens (including phenoxy) is 2. The number of methoxy groups -OCH3 is 1. The molecule has 2 aromatic carbocycles. The number of aliphatic carboxylic acids is 1. The van der Waals surface area contributed by atoms with Gasteiger partial charge in [-0.3, -0.25) is 9.59 Å². The Morgan fingerprint density at radius 3 is 2.50 bits per heavy atom. The molecule has 1 unspecified atom stereocenters. The fourth-order valence-electron chi connectivity index (χ4n) is 2.52. The van der Waals surface area contributed by atoms with E-state index in [1.165, 1.54) is 0 Å². The smallest absolute Gasteiger partial charge is 0.308 e. The number of amides is 1. The summed E-state index contributed by atoms with van der Waals surface area (Å²) >= 11 is 0. The van der Waals surface area contributed by atoms with E-state index >= 15 is 0 Å². The largest absolute Gasteiger partial charge is 0.496 e. The lowest BCUT2D eigenvalue weighted by molar-refractivity contribution is -0.141. The van der Waals surface area contributed by atoms with E-state index in [0.717, 1.165) is 16.9 Å². The number of carboxylic acid groups (broad SMARTS) is 1. The van der Waals surface area contributed by atoms with Crippen LogP contribution in [0, 0.1) is 12.8 Å². The van der Waals surface area contributed by atoms with Crippen LogP contribution in [0.4, 0.5) is 0 Å². The number of carbonyl (C=O) groups excluding carboxylic acids is 1. The topological polar surface area (TPSA) is 84.9 Å². The van der Waals surface area contributed by atoms with Gasteiger partial charge in [0, 0.05) is 6.54 Å². The van der Waals surface area contributed by atoms with Crippen molar-refractivity contribution in [2.24, 2.45) is 5.92 Å². The number of aryl methyl sites for hydroxylation is 1. The zero-order valence-corrected chi connectivity index (χ0v) is 14.9. The van der Waals surface area contributed by atoms with E-state index in [4.69, 9.17) is 9.47 Å². The Balaban J connectivity index is 1.82. The van der Waals surface area contributed by atoms with E-state index < -0.39 is 11.9 Å². The highest BCUT2D eigenvalue weighted by Gasteiger charge is 2.19. The maximum atomic E-state index is 12.0. The highest BCUT2D eigenvalue weighted by atomic mass is 16.5. The minimum Gasteiger partial charge on any atom is -0.496 e. The van der Waals surface area contributed by atoms with Gasteiger partial charge >= 0.3 is 5.97 Å². The summed E-state index contributed by atoms with van der Waals surface area (Å²) in [6.07, 6.45) is 0.356. The molecule has 1 atom stereocenters. The molecule has 26 heavy (non-hydrogen) atoms. The van der Waals surface area contributed by atoms with Gasteiger partial charge in [0.15, 0.2) is 6.61 Å². The standard InChI is InChI=1S/C20H23NO5/c1-14-10-17(8-9-18(14)25-2)26-13-19(22)21-12-16(20(23)24)11-15-6-4-3-5-7-15/h3-10,16H,11-13H2,1-2H3,(H,21,22)(H,23,24). The van der Waals surface area contributed by atoms with Gasteiger partial charge in [-0.1, -0.05) is 30.3 Å². The highest BCUT2D eigenvalue weighted by molar-refractivity contribution is 5.78. The van der Waals surface area contributed by atoms with Crippen LogP contribution < -0.4 is 14.8 Å². The van der Waals surface area contributed by atoms with Gasteiger partial charge in [0.1, 0.15) is 11.5 Å². The number of carbonyl (C=O) groups is 2. The van der Waals surface area contributed by atoms with Gasteiger partial charge in [-0.25, -0.2) is 0 Å². The second-order valence-electron chi connectivity index (χ2n) is 5.95. The third kappa shape index (κ3) is 5.81. The number of nitrogens with one attached hydrogen (secondary N) is 1. The molecule has 0 aliphatic carbocycles. The van der Waals surface area contributed by atoms with E-state index in [0.29, 0.717) is 12.2 Å². The van der Waals surface area contributed by atoms with Gasteiger partial charge < -0.3 is 19.9 Å². The molecule has 0 spiro atoms. The number of hydrogen-bond acceptors (Lipinski definition) is 4. The van der Waals surface area contributed by atoms with Gasteiger partial charge in [-0.05, 0) is 42.7 Å². The van der Waals surface area contributed by atoms with Crippen LogP contribution in [0.15, 0.2) is 48.5 Å². The Labute approximate surface area is 152 Å². The molecule has 138 valence electrons. The van der Waals surface area contributed by atoms with Crippen molar-refractivity contribution in [1.82, 2.24) is 5.32 Å². The van der Waals surface area contributed by atoms with Crippen LogP contribution in [0.2, 0.25) is 0 Å². The van der Waals surface area contributed by atoms with Gasteiger partial charge in [-0.15, -0.1) is 0 Å². The van der Waals surface area contributed by atoms with E-state index in [1.54, 1.807) is 25.3 Å². The van der Waals surface area contributed by atoms with Crippen molar-refractivity contribution in [2.75, 3.05) is 20.3 Å². The normalized spacial score (nSPS) is 11.5. The molecule has 0 radical (unpaired) electrons. The van der Waals surface area contributed by atoms with Crippen molar-refractivity contribution in [3.63, 3.8) is 0 Å². The van der Waals surface area contributed by atoms with Crippen LogP contribution in [0.3, 0.4) is 0 Å². The van der Waals surface area contributed by atoms with E-state index in [-0.39, 0.29) is 19.1 Å². The van der Waals surface area contributed by atoms with Crippen LogP contribution in [-0.2, 0) is 16.0 Å². The summed E-state index contributed by atoms with van der Waals surface area (Å²) in [4.78, 5) is 23.3.